The van der Waals surface area contributed by atoms with E-state index in [0.29, 0.717) is 24.5 Å². The highest BCUT2D eigenvalue weighted by Crippen LogP contribution is 2.46. The third-order valence-corrected chi connectivity index (χ3v) is 3.65. The Morgan fingerprint density at radius 1 is 1.55 bits per heavy atom. The summed E-state index contributed by atoms with van der Waals surface area (Å²) < 4.78 is 30.0. The minimum atomic E-state index is -0.892. The lowest BCUT2D eigenvalue weighted by Crippen LogP contribution is -2.18. The third-order valence-electron chi connectivity index (χ3n) is 3.65. The number of carboxylic acids is 1. The van der Waals surface area contributed by atoms with Crippen molar-refractivity contribution in [1.29, 1.82) is 0 Å². The SMILES string of the molecule is COc1cc2c(c(C3CC(C(=O)O)CN3)c1F)OCO2. The molecule has 0 radical (unpaired) electrons. The lowest BCUT2D eigenvalue weighted by Gasteiger charge is -2.16. The Hall–Kier alpha value is -2.02. The van der Waals surface area contributed by atoms with Gasteiger partial charge in [0.05, 0.1) is 18.6 Å². The van der Waals surface area contributed by atoms with Crippen molar-refractivity contribution in [3.05, 3.63) is 17.4 Å². The van der Waals surface area contributed by atoms with Crippen LogP contribution in [0.3, 0.4) is 0 Å². The quantitative estimate of drug-likeness (QED) is 0.870. The number of ether oxygens (including phenoxy) is 3. The van der Waals surface area contributed by atoms with Gasteiger partial charge < -0.3 is 24.6 Å². The standard InChI is InChI=1S/C13H14FNO5/c1-18-8-3-9-12(20-5-19-9)10(11(8)14)7-2-6(4-15-7)13(16)17/h3,6-7,15H,2,4-5H2,1H3,(H,16,17). The molecule has 2 aliphatic rings. The molecule has 6 nitrogen and oxygen atoms in total. The smallest absolute Gasteiger partial charge is 0.307 e. The Morgan fingerprint density at radius 2 is 2.35 bits per heavy atom. The number of halogens is 1. The molecule has 0 saturated carbocycles. The van der Waals surface area contributed by atoms with Gasteiger partial charge in [-0.15, -0.1) is 0 Å². The highest BCUT2D eigenvalue weighted by Gasteiger charge is 2.37. The maximum absolute atomic E-state index is 14.5. The second-order valence-corrected chi connectivity index (χ2v) is 4.77. The normalized spacial score (nSPS) is 23.9. The zero-order valence-corrected chi connectivity index (χ0v) is 10.8. The summed E-state index contributed by atoms with van der Waals surface area (Å²) in [6.45, 7) is 0.316. The first kappa shape index (κ1) is 13.0. The lowest BCUT2D eigenvalue weighted by molar-refractivity contribution is -0.141. The van der Waals surface area contributed by atoms with Gasteiger partial charge in [0, 0.05) is 18.7 Å². The summed E-state index contributed by atoms with van der Waals surface area (Å²) >= 11 is 0. The second-order valence-electron chi connectivity index (χ2n) is 4.77. The third kappa shape index (κ3) is 1.94. The molecule has 2 unspecified atom stereocenters. The van der Waals surface area contributed by atoms with Crippen molar-refractivity contribution in [2.75, 3.05) is 20.4 Å². The summed E-state index contributed by atoms with van der Waals surface area (Å²) in [5, 5.41) is 12.0. The highest BCUT2D eigenvalue weighted by molar-refractivity contribution is 5.71. The number of benzene rings is 1. The van der Waals surface area contributed by atoms with Crippen LogP contribution in [0.2, 0.25) is 0 Å². The van der Waals surface area contributed by atoms with Crippen LogP contribution >= 0.6 is 0 Å². The van der Waals surface area contributed by atoms with E-state index in [1.54, 1.807) is 0 Å². The molecule has 2 heterocycles. The highest BCUT2D eigenvalue weighted by atomic mass is 19.1. The van der Waals surface area contributed by atoms with Gasteiger partial charge in [-0.3, -0.25) is 4.79 Å². The van der Waals surface area contributed by atoms with Crippen LogP contribution < -0.4 is 19.5 Å². The predicted molar refractivity (Wildman–Crippen MR) is 65.6 cm³/mol. The molecule has 1 fully saturated rings. The van der Waals surface area contributed by atoms with Gasteiger partial charge in [0.2, 0.25) is 6.79 Å². The number of nitrogens with one attached hydrogen (secondary N) is 1. The maximum Gasteiger partial charge on any atom is 0.307 e. The first-order valence-electron chi connectivity index (χ1n) is 6.24. The second kappa shape index (κ2) is 4.82. The number of rotatable bonds is 3. The molecule has 0 aliphatic carbocycles. The maximum atomic E-state index is 14.5. The first-order chi connectivity index (χ1) is 9.61. The summed E-state index contributed by atoms with van der Waals surface area (Å²) in [7, 11) is 1.37. The summed E-state index contributed by atoms with van der Waals surface area (Å²) in [5.74, 6) is -1.17. The van der Waals surface area contributed by atoms with Crippen LogP contribution in [0.15, 0.2) is 6.07 Å². The van der Waals surface area contributed by atoms with E-state index in [2.05, 4.69) is 5.32 Å². The van der Waals surface area contributed by atoms with Crippen LogP contribution in [0, 0.1) is 11.7 Å². The van der Waals surface area contributed by atoms with Crippen molar-refractivity contribution in [3.63, 3.8) is 0 Å². The predicted octanol–water partition coefficient (Wildman–Crippen LogP) is 1.30. The zero-order valence-electron chi connectivity index (χ0n) is 10.8. The van der Waals surface area contributed by atoms with Crippen LogP contribution in [0.25, 0.3) is 0 Å². The average molecular weight is 283 g/mol. The van der Waals surface area contributed by atoms with Gasteiger partial charge in [0.25, 0.3) is 0 Å². The number of aliphatic carboxylic acids is 1. The summed E-state index contributed by atoms with van der Waals surface area (Å²) in [6, 6.07) is 1.01. The summed E-state index contributed by atoms with van der Waals surface area (Å²) in [4.78, 5) is 11.0. The van der Waals surface area contributed by atoms with E-state index >= 15 is 0 Å². The Balaban J connectivity index is 2.01. The number of hydrogen-bond acceptors (Lipinski definition) is 5. The zero-order chi connectivity index (χ0) is 14.3. The monoisotopic (exact) mass is 283 g/mol. The Morgan fingerprint density at radius 3 is 3.00 bits per heavy atom. The van der Waals surface area contributed by atoms with E-state index in [9.17, 15) is 9.18 Å². The van der Waals surface area contributed by atoms with Gasteiger partial charge in [-0.05, 0) is 6.42 Å². The fourth-order valence-corrected chi connectivity index (χ4v) is 2.62. The minimum Gasteiger partial charge on any atom is -0.494 e. The number of fused-ring (bicyclic) bond motifs is 1. The number of methoxy groups -OCH3 is 1. The number of carbonyl (C=O) groups is 1. The fourth-order valence-electron chi connectivity index (χ4n) is 2.62. The van der Waals surface area contributed by atoms with Gasteiger partial charge >= 0.3 is 5.97 Å². The lowest BCUT2D eigenvalue weighted by atomic mass is 9.98. The van der Waals surface area contributed by atoms with E-state index < -0.39 is 23.7 Å². The largest absolute Gasteiger partial charge is 0.494 e. The summed E-state index contributed by atoms with van der Waals surface area (Å²) in [6.07, 6.45) is 0.301. The molecule has 0 bridgehead atoms. The van der Waals surface area contributed by atoms with E-state index in [0.717, 1.165) is 0 Å². The van der Waals surface area contributed by atoms with Crippen molar-refractivity contribution in [1.82, 2.24) is 5.32 Å². The van der Waals surface area contributed by atoms with Crippen LogP contribution in [-0.2, 0) is 4.79 Å². The van der Waals surface area contributed by atoms with Gasteiger partial charge in [-0.25, -0.2) is 4.39 Å². The van der Waals surface area contributed by atoms with Gasteiger partial charge in [0.1, 0.15) is 0 Å². The number of carboxylic acid groups (broad SMARTS) is 1. The molecule has 0 amide bonds. The topological polar surface area (TPSA) is 77.0 Å². The van der Waals surface area contributed by atoms with Crippen LogP contribution in [0.5, 0.6) is 17.2 Å². The molecular formula is C13H14FNO5. The summed E-state index contributed by atoms with van der Waals surface area (Å²) in [5.41, 5.74) is 0.278. The van der Waals surface area contributed by atoms with E-state index in [1.165, 1.54) is 13.2 Å². The van der Waals surface area contributed by atoms with Gasteiger partial charge in [-0.1, -0.05) is 0 Å². The van der Waals surface area contributed by atoms with Crippen molar-refractivity contribution in [2.24, 2.45) is 5.92 Å². The molecule has 1 aromatic carbocycles. The Labute approximate surface area is 114 Å². The average Bonchev–Trinajstić information content (AvgIpc) is 3.06. The molecule has 0 spiro atoms. The molecule has 20 heavy (non-hydrogen) atoms. The van der Waals surface area contributed by atoms with Crippen molar-refractivity contribution in [3.8, 4) is 17.2 Å². The van der Waals surface area contributed by atoms with Crippen molar-refractivity contribution >= 4 is 5.97 Å². The van der Waals surface area contributed by atoms with E-state index in [-0.39, 0.29) is 18.1 Å². The molecule has 108 valence electrons. The van der Waals surface area contributed by atoms with E-state index in [1.807, 2.05) is 0 Å². The van der Waals surface area contributed by atoms with Crippen molar-refractivity contribution in [2.45, 2.75) is 12.5 Å². The van der Waals surface area contributed by atoms with Crippen molar-refractivity contribution < 1.29 is 28.5 Å². The molecular weight excluding hydrogens is 269 g/mol. The van der Waals surface area contributed by atoms with Crippen LogP contribution in [0.4, 0.5) is 4.39 Å². The molecule has 7 heteroatoms. The molecule has 3 rings (SSSR count). The molecule has 0 aromatic heterocycles. The molecule has 1 saturated heterocycles. The van der Waals surface area contributed by atoms with Gasteiger partial charge in [0.15, 0.2) is 23.1 Å². The molecule has 1 aromatic rings. The Bertz CT molecular complexity index is 561. The van der Waals surface area contributed by atoms with Crippen LogP contribution in [-0.4, -0.2) is 31.5 Å². The fraction of sp³-hybridized carbons (Fsp3) is 0.462. The first-order valence-corrected chi connectivity index (χ1v) is 6.24. The van der Waals surface area contributed by atoms with E-state index in [4.69, 9.17) is 19.3 Å². The molecule has 2 atom stereocenters. The number of hydrogen-bond donors (Lipinski definition) is 2. The molecule has 2 aliphatic heterocycles. The minimum absolute atomic E-state index is 0.0179. The Kier molecular flexibility index (Phi) is 3.13. The van der Waals surface area contributed by atoms with Crippen LogP contribution in [0.1, 0.15) is 18.0 Å². The molecule has 2 N–H and O–H groups in total. The van der Waals surface area contributed by atoms with Gasteiger partial charge in [-0.2, -0.15) is 0 Å².